The van der Waals surface area contributed by atoms with Crippen molar-refractivity contribution in [1.82, 2.24) is 9.47 Å². The summed E-state index contributed by atoms with van der Waals surface area (Å²) in [6, 6.07) is 4.96. The minimum Gasteiger partial charge on any atom is -0.467 e. The van der Waals surface area contributed by atoms with Crippen molar-refractivity contribution in [3.05, 3.63) is 70.2 Å². The summed E-state index contributed by atoms with van der Waals surface area (Å²) in [5, 5.41) is 0. The lowest BCUT2D eigenvalue weighted by Crippen LogP contribution is -2.36. The van der Waals surface area contributed by atoms with E-state index < -0.39 is 29.8 Å². The zero-order valence-corrected chi connectivity index (χ0v) is 14.5. The molecule has 0 aromatic carbocycles. The molecule has 27 heavy (non-hydrogen) atoms. The van der Waals surface area contributed by atoms with Crippen LogP contribution in [0.5, 0.6) is 0 Å². The van der Waals surface area contributed by atoms with Crippen LogP contribution in [0.25, 0.3) is 0 Å². The van der Waals surface area contributed by atoms with Gasteiger partial charge in [0.15, 0.2) is 0 Å². The van der Waals surface area contributed by atoms with Crippen molar-refractivity contribution < 1.29 is 22.4 Å². The van der Waals surface area contributed by atoms with Gasteiger partial charge >= 0.3 is 6.18 Å². The molecule has 2 aromatic rings. The molecule has 0 N–H and O–H groups in total. The number of allylic oxidation sites excluding steroid dienone is 2. The summed E-state index contributed by atoms with van der Waals surface area (Å²) in [6.45, 7) is -0.299. The Balaban J connectivity index is 1.86. The Bertz CT molecular complexity index is 882. The Labute approximate surface area is 153 Å². The maximum Gasteiger partial charge on any atom is 0.417 e. The van der Waals surface area contributed by atoms with E-state index in [1.807, 2.05) is 6.08 Å². The first-order valence-corrected chi connectivity index (χ1v) is 8.64. The van der Waals surface area contributed by atoms with Gasteiger partial charge in [-0.15, -0.1) is 0 Å². The number of rotatable bonds is 5. The Kier molecular flexibility index (Phi) is 5.53. The largest absolute Gasteiger partial charge is 0.467 e. The number of halogens is 3. The fraction of sp³-hybridized carbons (Fsp3) is 0.368. The average Bonchev–Trinajstić information content (AvgIpc) is 3.14. The van der Waals surface area contributed by atoms with Crippen molar-refractivity contribution in [2.75, 3.05) is 0 Å². The summed E-state index contributed by atoms with van der Waals surface area (Å²) in [7, 11) is 0. The second-order valence-corrected chi connectivity index (χ2v) is 6.38. The molecule has 8 heteroatoms. The second kappa shape index (κ2) is 7.85. The van der Waals surface area contributed by atoms with Crippen LogP contribution < -0.4 is 5.56 Å². The minimum atomic E-state index is -4.59. The standard InChI is InChI=1S/C19H19F3N2O3/c20-19(21,22)14-8-9-17(25)23(11-14)13-18(26)24(12-16-7-4-10-27-16)15-5-2-1-3-6-15/h4-5,7-11H,1-3,6,12-13H2. The first-order chi connectivity index (χ1) is 12.8. The molecule has 2 heterocycles. The molecule has 0 radical (unpaired) electrons. The summed E-state index contributed by atoms with van der Waals surface area (Å²) < 4.78 is 44.8. The summed E-state index contributed by atoms with van der Waals surface area (Å²) in [5.41, 5.74) is -0.820. The zero-order valence-electron chi connectivity index (χ0n) is 14.5. The Hall–Kier alpha value is -2.77. The van der Waals surface area contributed by atoms with E-state index >= 15 is 0 Å². The monoisotopic (exact) mass is 380 g/mol. The fourth-order valence-electron chi connectivity index (χ4n) is 3.03. The highest BCUT2D eigenvalue weighted by Gasteiger charge is 2.31. The number of carbonyl (C=O) groups is 1. The average molecular weight is 380 g/mol. The lowest BCUT2D eigenvalue weighted by molar-refractivity contribution is -0.138. The van der Waals surface area contributed by atoms with E-state index in [0.717, 1.165) is 35.6 Å². The molecular formula is C19H19F3N2O3. The van der Waals surface area contributed by atoms with E-state index in [1.165, 1.54) is 11.2 Å². The molecule has 1 amide bonds. The highest BCUT2D eigenvalue weighted by molar-refractivity contribution is 5.78. The molecule has 2 aromatic heterocycles. The predicted molar refractivity (Wildman–Crippen MR) is 91.5 cm³/mol. The van der Waals surface area contributed by atoms with Gasteiger partial charge in [0, 0.05) is 18.0 Å². The number of hydrogen-bond donors (Lipinski definition) is 0. The summed E-state index contributed by atoms with van der Waals surface area (Å²) in [5.74, 6) is 0.104. The van der Waals surface area contributed by atoms with Gasteiger partial charge in [-0.1, -0.05) is 6.08 Å². The van der Waals surface area contributed by atoms with Crippen LogP contribution in [0.1, 0.15) is 37.0 Å². The van der Waals surface area contributed by atoms with Crippen LogP contribution in [0.4, 0.5) is 13.2 Å². The van der Waals surface area contributed by atoms with Crippen molar-refractivity contribution in [1.29, 1.82) is 0 Å². The zero-order chi connectivity index (χ0) is 19.4. The predicted octanol–water partition coefficient (Wildman–Crippen LogP) is 3.95. The van der Waals surface area contributed by atoms with Crippen molar-refractivity contribution in [2.45, 2.75) is 44.9 Å². The summed E-state index contributed by atoms with van der Waals surface area (Å²) in [4.78, 5) is 26.3. The van der Waals surface area contributed by atoms with Gasteiger partial charge in [0.1, 0.15) is 12.3 Å². The first kappa shape index (κ1) is 19.0. The number of amides is 1. The van der Waals surface area contributed by atoms with Gasteiger partial charge in [-0.05, 0) is 43.9 Å². The second-order valence-electron chi connectivity index (χ2n) is 6.38. The quantitative estimate of drug-likeness (QED) is 0.789. The molecule has 5 nitrogen and oxygen atoms in total. The first-order valence-electron chi connectivity index (χ1n) is 8.64. The molecule has 0 atom stereocenters. The van der Waals surface area contributed by atoms with Crippen molar-refractivity contribution in [3.8, 4) is 0 Å². The van der Waals surface area contributed by atoms with Crippen LogP contribution in [-0.2, 0) is 24.1 Å². The third-order valence-corrected chi connectivity index (χ3v) is 4.43. The van der Waals surface area contributed by atoms with Gasteiger partial charge < -0.3 is 13.9 Å². The molecule has 1 aliphatic rings. The van der Waals surface area contributed by atoms with Crippen LogP contribution in [0.3, 0.4) is 0 Å². The van der Waals surface area contributed by atoms with Crippen LogP contribution in [-0.4, -0.2) is 15.4 Å². The number of furan rings is 1. The topological polar surface area (TPSA) is 55.5 Å². The van der Waals surface area contributed by atoms with E-state index in [4.69, 9.17) is 4.42 Å². The van der Waals surface area contributed by atoms with E-state index in [1.54, 1.807) is 12.1 Å². The Morgan fingerprint density at radius 1 is 1.22 bits per heavy atom. The number of pyridine rings is 1. The summed E-state index contributed by atoms with van der Waals surface area (Å²) in [6.07, 6.45) is 3.03. The van der Waals surface area contributed by atoms with Gasteiger partial charge in [0.2, 0.25) is 5.91 Å². The fourth-order valence-corrected chi connectivity index (χ4v) is 3.03. The minimum absolute atomic E-state index is 0.172. The lowest BCUT2D eigenvalue weighted by atomic mass is 10.0. The molecule has 0 aliphatic heterocycles. The molecule has 0 spiro atoms. The maximum absolute atomic E-state index is 12.9. The van der Waals surface area contributed by atoms with Crippen molar-refractivity contribution in [3.63, 3.8) is 0 Å². The Morgan fingerprint density at radius 2 is 2.04 bits per heavy atom. The number of alkyl halides is 3. The molecule has 0 saturated carbocycles. The molecule has 0 bridgehead atoms. The highest BCUT2D eigenvalue weighted by atomic mass is 19.4. The number of nitrogens with zero attached hydrogens (tertiary/aromatic N) is 2. The lowest BCUT2D eigenvalue weighted by Gasteiger charge is -2.27. The highest BCUT2D eigenvalue weighted by Crippen LogP contribution is 2.28. The van der Waals surface area contributed by atoms with E-state index in [-0.39, 0.29) is 6.54 Å². The van der Waals surface area contributed by atoms with Crippen LogP contribution in [0.15, 0.2) is 57.7 Å². The van der Waals surface area contributed by atoms with Crippen molar-refractivity contribution >= 4 is 5.91 Å². The number of carbonyl (C=O) groups excluding carboxylic acids is 1. The van der Waals surface area contributed by atoms with Gasteiger partial charge in [0.05, 0.1) is 18.4 Å². The third kappa shape index (κ3) is 4.69. The molecule has 0 unspecified atom stereocenters. The van der Waals surface area contributed by atoms with Crippen LogP contribution in [0, 0.1) is 0 Å². The van der Waals surface area contributed by atoms with Gasteiger partial charge in [0.25, 0.3) is 5.56 Å². The molecular weight excluding hydrogens is 361 g/mol. The van der Waals surface area contributed by atoms with Crippen molar-refractivity contribution in [2.24, 2.45) is 0 Å². The van der Waals surface area contributed by atoms with Crippen LogP contribution >= 0.6 is 0 Å². The molecule has 0 saturated heterocycles. The van der Waals surface area contributed by atoms with E-state index in [0.29, 0.717) is 24.4 Å². The number of hydrogen-bond acceptors (Lipinski definition) is 3. The third-order valence-electron chi connectivity index (χ3n) is 4.43. The van der Waals surface area contributed by atoms with Gasteiger partial charge in [-0.2, -0.15) is 13.2 Å². The molecule has 1 aliphatic carbocycles. The Morgan fingerprint density at radius 3 is 2.67 bits per heavy atom. The van der Waals surface area contributed by atoms with Gasteiger partial charge in [-0.25, -0.2) is 0 Å². The van der Waals surface area contributed by atoms with Crippen LogP contribution in [0.2, 0.25) is 0 Å². The van der Waals surface area contributed by atoms with E-state index in [9.17, 15) is 22.8 Å². The maximum atomic E-state index is 12.9. The molecule has 144 valence electrons. The smallest absolute Gasteiger partial charge is 0.417 e. The SMILES string of the molecule is O=C(Cn1cc(C(F)(F)F)ccc1=O)N(Cc1ccco1)C1=CCCCC1. The van der Waals surface area contributed by atoms with Gasteiger partial charge in [-0.3, -0.25) is 9.59 Å². The molecule has 3 rings (SSSR count). The van der Waals surface area contributed by atoms with E-state index in [2.05, 4.69) is 0 Å². The molecule has 0 fully saturated rings. The normalized spacial score (nSPS) is 14.7. The summed E-state index contributed by atoms with van der Waals surface area (Å²) >= 11 is 0. The number of aromatic nitrogens is 1.